The van der Waals surface area contributed by atoms with E-state index in [4.69, 9.17) is 0 Å². The van der Waals surface area contributed by atoms with Crippen LogP contribution in [0.3, 0.4) is 0 Å². The van der Waals surface area contributed by atoms with Gasteiger partial charge in [-0.3, -0.25) is 9.59 Å². The van der Waals surface area contributed by atoms with Crippen LogP contribution in [-0.4, -0.2) is 55.3 Å². The van der Waals surface area contributed by atoms with Crippen LogP contribution in [-0.2, 0) is 22.3 Å². The van der Waals surface area contributed by atoms with Gasteiger partial charge < -0.3 is 15.1 Å². The van der Waals surface area contributed by atoms with Gasteiger partial charge in [-0.15, -0.1) is 0 Å². The smallest absolute Gasteiger partial charge is 0.352 e. The summed E-state index contributed by atoms with van der Waals surface area (Å²) in [6, 6.07) is 5.14. The lowest BCUT2D eigenvalue weighted by atomic mass is 10.1. The molecule has 1 aromatic rings. The summed E-state index contributed by atoms with van der Waals surface area (Å²) in [5.74, 6) is -1.01. The molecule has 1 N–H and O–H groups in total. The van der Waals surface area contributed by atoms with Crippen molar-refractivity contribution in [2.45, 2.75) is 19.1 Å². The van der Waals surface area contributed by atoms with Gasteiger partial charge in [0.1, 0.15) is 0 Å². The highest BCUT2D eigenvalue weighted by molar-refractivity contribution is 5.89. The summed E-state index contributed by atoms with van der Waals surface area (Å²) in [4.78, 5) is 27.7. The number of halogens is 3. The van der Waals surface area contributed by atoms with Crippen LogP contribution in [0.15, 0.2) is 24.3 Å². The average molecular weight is 357 g/mol. The first-order chi connectivity index (χ1) is 11.7. The molecule has 8 heteroatoms. The van der Waals surface area contributed by atoms with E-state index >= 15 is 0 Å². The molecule has 138 valence electrons. The van der Waals surface area contributed by atoms with Crippen molar-refractivity contribution in [3.05, 3.63) is 35.4 Å². The summed E-state index contributed by atoms with van der Waals surface area (Å²) >= 11 is 0. The van der Waals surface area contributed by atoms with Crippen molar-refractivity contribution in [1.82, 2.24) is 15.1 Å². The molecule has 5 nitrogen and oxygen atoms in total. The molecule has 0 saturated carbocycles. The summed E-state index contributed by atoms with van der Waals surface area (Å²) in [5.41, 5.74) is -0.748. The maximum atomic E-state index is 13.0. The highest BCUT2D eigenvalue weighted by Crippen LogP contribution is 2.31. The minimum absolute atomic E-state index is 0.0112. The predicted molar refractivity (Wildman–Crippen MR) is 86.5 cm³/mol. The summed E-state index contributed by atoms with van der Waals surface area (Å²) in [6.07, 6.45) is -4.37. The van der Waals surface area contributed by atoms with Gasteiger partial charge in [0.2, 0.25) is 11.8 Å². The monoisotopic (exact) mass is 357 g/mol. The Morgan fingerprint density at radius 2 is 2.00 bits per heavy atom. The Kier molecular flexibility index (Phi) is 6.05. The molecule has 1 fully saturated rings. The fourth-order valence-electron chi connectivity index (χ4n) is 2.76. The highest BCUT2D eigenvalue weighted by Gasteiger charge is 2.35. The van der Waals surface area contributed by atoms with Crippen molar-refractivity contribution < 1.29 is 22.8 Å². The lowest BCUT2D eigenvalue weighted by molar-refractivity contribution is -0.138. The number of nitrogens with one attached hydrogen (secondary N) is 1. The van der Waals surface area contributed by atoms with Gasteiger partial charge in [-0.1, -0.05) is 18.2 Å². The molecule has 1 saturated heterocycles. The minimum Gasteiger partial charge on any atom is -0.352 e. The molecule has 1 aromatic carbocycles. The number of nitrogens with zero attached hydrogens (tertiary/aromatic N) is 2. The van der Waals surface area contributed by atoms with Gasteiger partial charge in [-0.2, -0.15) is 13.2 Å². The van der Waals surface area contributed by atoms with Crippen molar-refractivity contribution in [1.29, 1.82) is 0 Å². The van der Waals surface area contributed by atoms with E-state index in [2.05, 4.69) is 5.32 Å². The van der Waals surface area contributed by atoms with Crippen molar-refractivity contribution in [2.75, 3.05) is 33.7 Å². The first kappa shape index (κ1) is 19.2. The molecule has 1 aliphatic heterocycles. The quantitative estimate of drug-likeness (QED) is 0.844. The number of rotatable bonds is 6. The van der Waals surface area contributed by atoms with E-state index in [9.17, 15) is 22.8 Å². The van der Waals surface area contributed by atoms with Crippen LogP contribution in [0, 0.1) is 5.92 Å². The molecule has 1 atom stereocenters. The van der Waals surface area contributed by atoms with E-state index in [0.717, 1.165) is 6.07 Å². The standard InChI is InChI=1S/C17H22F3N3O2/c1-22(2)7-8-23-11-13(9-15(23)24)16(25)21-10-12-5-3-4-6-14(12)17(18,19)20/h3-6,13H,7-11H2,1-2H3,(H,21,25)/t13-/m0/s1. The minimum atomic E-state index is -4.46. The van der Waals surface area contributed by atoms with Crippen LogP contribution in [0.4, 0.5) is 13.2 Å². The number of carbonyl (C=O) groups excluding carboxylic acids is 2. The Labute approximate surface area is 144 Å². The summed E-state index contributed by atoms with van der Waals surface area (Å²) in [6.45, 7) is 1.32. The molecule has 25 heavy (non-hydrogen) atoms. The van der Waals surface area contributed by atoms with Crippen molar-refractivity contribution in [2.24, 2.45) is 5.92 Å². The lowest BCUT2D eigenvalue weighted by Crippen LogP contribution is -2.35. The molecule has 0 unspecified atom stereocenters. The van der Waals surface area contributed by atoms with E-state index in [-0.39, 0.29) is 24.4 Å². The summed E-state index contributed by atoms with van der Waals surface area (Å²) in [7, 11) is 3.78. The van der Waals surface area contributed by atoms with Crippen molar-refractivity contribution in [3.63, 3.8) is 0 Å². The van der Waals surface area contributed by atoms with Crippen molar-refractivity contribution in [3.8, 4) is 0 Å². The molecular formula is C17H22F3N3O2. The Morgan fingerprint density at radius 1 is 1.32 bits per heavy atom. The van der Waals surface area contributed by atoms with E-state index in [1.807, 2.05) is 19.0 Å². The van der Waals surface area contributed by atoms with E-state index in [1.165, 1.54) is 18.2 Å². The van der Waals surface area contributed by atoms with Gasteiger partial charge in [0.15, 0.2) is 0 Å². The van der Waals surface area contributed by atoms with Gasteiger partial charge in [0.05, 0.1) is 11.5 Å². The van der Waals surface area contributed by atoms with Crippen LogP contribution in [0.25, 0.3) is 0 Å². The fourth-order valence-corrected chi connectivity index (χ4v) is 2.76. The fraction of sp³-hybridized carbons (Fsp3) is 0.529. The molecule has 0 aliphatic carbocycles. The highest BCUT2D eigenvalue weighted by atomic mass is 19.4. The van der Waals surface area contributed by atoms with Crippen LogP contribution in [0.2, 0.25) is 0 Å². The number of likely N-dealkylation sites (tertiary alicyclic amines) is 1. The number of carbonyl (C=O) groups is 2. The Bertz CT molecular complexity index is 632. The number of alkyl halides is 3. The molecular weight excluding hydrogens is 335 g/mol. The molecule has 1 heterocycles. The molecule has 0 radical (unpaired) electrons. The van der Waals surface area contributed by atoms with Crippen LogP contribution < -0.4 is 5.32 Å². The average Bonchev–Trinajstić information content (AvgIpc) is 2.91. The van der Waals surface area contributed by atoms with Gasteiger partial charge in [0, 0.05) is 32.6 Å². The predicted octanol–water partition coefficient (Wildman–Crippen LogP) is 1.73. The molecule has 2 amide bonds. The van der Waals surface area contributed by atoms with Gasteiger partial charge in [-0.25, -0.2) is 0 Å². The summed E-state index contributed by atoms with van der Waals surface area (Å²) < 4.78 is 38.9. The van der Waals surface area contributed by atoms with E-state index in [0.29, 0.717) is 19.6 Å². The maximum absolute atomic E-state index is 13.0. The van der Waals surface area contributed by atoms with Crippen LogP contribution >= 0.6 is 0 Å². The first-order valence-corrected chi connectivity index (χ1v) is 8.04. The third-order valence-electron chi connectivity index (χ3n) is 4.18. The SMILES string of the molecule is CN(C)CCN1C[C@@H](C(=O)NCc2ccccc2C(F)(F)F)CC1=O. The maximum Gasteiger partial charge on any atom is 0.416 e. The van der Waals surface area contributed by atoms with Gasteiger partial charge in [-0.05, 0) is 25.7 Å². The molecule has 0 spiro atoms. The van der Waals surface area contributed by atoms with Crippen LogP contribution in [0.5, 0.6) is 0 Å². The molecule has 0 aromatic heterocycles. The Hall–Kier alpha value is -2.09. The third-order valence-corrected chi connectivity index (χ3v) is 4.18. The van der Waals surface area contributed by atoms with Crippen molar-refractivity contribution >= 4 is 11.8 Å². The number of likely N-dealkylation sites (N-methyl/N-ethyl adjacent to an activating group) is 1. The molecule has 0 bridgehead atoms. The van der Waals surface area contributed by atoms with Crippen LogP contribution in [0.1, 0.15) is 17.5 Å². The Balaban J connectivity index is 1.93. The topological polar surface area (TPSA) is 52.6 Å². The number of benzene rings is 1. The molecule has 2 rings (SSSR count). The van der Waals surface area contributed by atoms with E-state index < -0.39 is 23.6 Å². The van der Waals surface area contributed by atoms with Gasteiger partial charge >= 0.3 is 6.18 Å². The second-order valence-electron chi connectivity index (χ2n) is 6.42. The number of hydrogen-bond acceptors (Lipinski definition) is 3. The number of amides is 2. The van der Waals surface area contributed by atoms with E-state index in [1.54, 1.807) is 4.90 Å². The third kappa shape index (κ3) is 5.19. The second-order valence-corrected chi connectivity index (χ2v) is 6.42. The lowest BCUT2D eigenvalue weighted by Gasteiger charge is -2.19. The second kappa shape index (κ2) is 7.86. The largest absolute Gasteiger partial charge is 0.416 e. The molecule has 1 aliphatic rings. The zero-order valence-corrected chi connectivity index (χ0v) is 14.3. The Morgan fingerprint density at radius 3 is 2.64 bits per heavy atom. The number of hydrogen-bond donors (Lipinski definition) is 1. The first-order valence-electron chi connectivity index (χ1n) is 8.04. The normalized spacial score (nSPS) is 18.1. The van der Waals surface area contributed by atoms with Gasteiger partial charge in [0.25, 0.3) is 0 Å². The summed E-state index contributed by atoms with van der Waals surface area (Å²) in [5, 5.41) is 2.53. The zero-order valence-electron chi connectivity index (χ0n) is 14.3. The zero-order chi connectivity index (χ0) is 18.6.